The molecule has 0 aliphatic carbocycles. The van der Waals surface area contributed by atoms with Gasteiger partial charge >= 0.3 is 0 Å². The van der Waals surface area contributed by atoms with E-state index in [1.807, 2.05) is 96.9 Å². The largest absolute Gasteiger partial charge is 0.334 e. The summed E-state index contributed by atoms with van der Waals surface area (Å²) >= 11 is 0. The fourth-order valence-corrected chi connectivity index (χ4v) is 8.90. The molecule has 2 saturated heterocycles. The van der Waals surface area contributed by atoms with Crippen molar-refractivity contribution >= 4 is 45.7 Å². The second-order valence-electron chi connectivity index (χ2n) is 15.4. The number of nitrogens with zero attached hydrogens (tertiary/aromatic N) is 5. The maximum absolute atomic E-state index is 14.1. The highest BCUT2D eigenvalue weighted by Gasteiger charge is 2.40. The fourth-order valence-electron chi connectivity index (χ4n) is 8.90. The van der Waals surface area contributed by atoms with Crippen LogP contribution >= 0.6 is 0 Å². The van der Waals surface area contributed by atoms with Crippen molar-refractivity contribution in [1.82, 2.24) is 24.9 Å². The van der Waals surface area contributed by atoms with Crippen LogP contribution in [0.4, 0.5) is 5.82 Å². The normalized spacial score (nSPS) is 19.2. The summed E-state index contributed by atoms with van der Waals surface area (Å²) in [6.45, 7) is 8.89. The lowest BCUT2D eigenvalue weighted by Gasteiger charge is -2.34. The molecule has 0 radical (unpaired) electrons. The van der Waals surface area contributed by atoms with Crippen LogP contribution in [0.15, 0.2) is 114 Å². The minimum absolute atomic E-state index is 0.0385. The van der Waals surface area contributed by atoms with Gasteiger partial charge in [-0.3, -0.25) is 29.4 Å². The van der Waals surface area contributed by atoms with Gasteiger partial charge in [-0.15, -0.1) is 0 Å². The summed E-state index contributed by atoms with van der Waals surface area (Å²) in [7, 11) is 0. The third kappa shape index (κ3) is 7.66. The number of aromatic amines is 1. The van der Waals surface area contributed by atoms with Crippen molar-refractivity contribution in [2.24, 2.45) is 4.99 Å². The number of allylic oxidation sites excluding steroid dienone is 1. The summed E-state index contributed by atoms with van der Waals surface area (Å²) in [5, 5.41) is 11.4. The van der Waals surface area contributed by atoms with Gasteiger partial charge in [0.2, 0.25) is 17.7 Å². The molecule has 3 amide bonds. The Morgan fingerprint density at radius 2 is 1.44 bits per heavy atom. The van der Waals surface area contributed by atoms with Crippen LogP contribution < -0.4 is 5.32 Å². The van der Waals surface area contributed by atoms with Crippen LogP contribution in [-0.2, 0) is 14.4 Å². The molecule has 4 heterocycles. The number of nitrogens with one attached hydrogen (secondary N) is 2. The van der Waals surface area contributed by atoms with E-state index in [1.165, 1.54) is 0 Å². The zero-order valence-electron chi connectivity index (χ0n) is 33.0. The Morgan fingerprint density at radius 1 is 0.789 bits per heavy atom. The number of likely N-dealkylation sites (N-methyl/N-ethyl adjacent to an activating group) is 1. The van der Waals surface area contributed by atoms with Gasteiger partial charge in [-0.2, -0.15) is 5.10 Å². The molecule has 5 aromatic rings. The molecular weight excluding hydrogens is 711 g/mol. The molecule has 57 heavy (non-hydrogen) atoms. The maximum Gasteiger partial charge on any atom is 0.248 e. The van der Waals surface area contributed by atoms with Crippen LogP contribution in [0.5, 0.6) is 0 Å². The zero-order chi connectivity index (χ0) is 39.5. The molecule has 292 valence electrons. The highest BCUT2D eigenvalue weighted by molar-refractivity contribution is 6.05. The highest BCUT2D eigenvalue weighted by atomic mass is 16.2. The molecule has 3 aliphatic rings. The molecule has 10 heteroatoms. The molecule has 2 N–H and O–H groups in total. The first-order chi connectivity index (χ1) is 27.8. The number of rotatable bonds is 12. The number of H-pyrrole nitrogens is 1. The van der Waals surface area contributed by atoms with Gasteiger partial charge in [0.1, 0.15) is 12.1 Å². The van der Waals surface area contributed by atoms with E-state index in [2.05, 4.69) is 58.5 Å². The third-order valence-electron chi connectivity index (χ3n) is 12.1. The number of amides is 3. The molecule has 4 atom stereocenters. The maximum atomic E-state index is 14.1. The van der Waals surface area contributed by atoms with Crippen LogP contribution in [0.25, 0.3) is 27.6 Å². The summed E-state index contributed by atoms with van der Waals surface area (Å²) in [6.07, 6.45) is 6.01. The van der Waals surface area contributed by atoms with E-state index in [0.29, 0.717) is 18.8 Å². The van der Waals surface area contributed by atoms with E-state index >= 15 is 0 Å². The van der Waals surface area contributed by atoms with E-state index in [1.54, 1.807) is 4.90 Å². The Bertz CT molecular complexity index is 2300. The first-order valence-corrected chi connectivity index (χ1v) is 20.4. The van der Waals surface area contributed by atoms with Crippen LogP contribution in [0.2, 0.25) is 0 Å². The highest BCUT2D eigenvalue weighted by Crippen LogP contribution is 2.34. The predicted molar refractivity (Wildman–Crippen MR) is 227 cm³/mol. The van der Waals surface area contributed by atoms with E-state index in [9.17, 15) is 14.4 Å². The minimum atomic E-state index is -0.566. The van der Waals surface area contributed by atoms with E-state index in [-0.39, 0.29) is 29.7 Å². The van der Waals surface area contributed by atoms with Crippen LogP contribution in [-0.4, -0.2) is 86.6 Å². The molecule has 0 bridgehead atoms. The lowest BCUT2D eigenvalue weighted by atomic mass is 9.95. The van der Waals surface area contributed by atoms with E-state index in [4.69, 9.17) is 4.99 Å². The van der Waals surface area contributed by atoms with Gasteiger partial charge in [0, 0.05) is 36.8 Å². The number of carbonyl (C=O) groups is 3. The zero-order valence-corrected chi connectivity index (χ0v) is 33.0. The third-order valence-corrected chi connectivity index (χ3v) is 12.1. The molecule has 8 rings (SSSR count). The molecule has 4 aromatic carbocycles. The Labute approximate surface area is 334 Å². The molecular formula is C47H51N7O3. The van der Waals surface area contributed by atoms with Gasteiger partial charge in [-0.1, -0.05) is 105 Å². The number of aliphatic imine (C=N–C) groups is 1. The number of fused-ring (bicyclic) bond motifs is 1. The first-order valence-electron chi connectivity index (χ1n) is 20.4. The predicted octanol–water partition coefficient (Wildman–Crippen LogP) is 8.22. The topological polar surface area (TPSA) is 114 Å². The number of hydrogen-bond acceptors (Lipinski definition) is 6. The van der Waals surface area contributed by atoms with Crippen molar-refractivity contribution in [2.45, 2.75) is 76.9 Å². The van der Waals surface area contributed by atoms with Crippen molar-refractivity contribution in [3.05, 3.63) is 126 Å². The first kappa shape index (κ1) is 38.0. The smallest absolute Gasteiger partial charge is 0.248 e. The average molecular weight is 762 g/mol. The van der Waals surface area contributed by atoms with Crippen molar-refractivity contribution in [3.8, 4) is 11.1 Å². The lowest BCUT2D eigenvalue weighted by molar-refractivity contribution is -0.141. The van der Waals surface area contributed by atoms with Gasteiger partial charge in [0.05, 0.1) is 17.5 Å². The van der Waals surface area contributed by atoms with Crippen LogP contribution in [0.1, 0.15) is 81.5 Å². The van der Waals surface area contributed by atoms with Gasteiger partial charge < -0.3 is 15.1 Å². The monoisotopic (exact) mass is 761 g/mol. The Morgan fingerprint density at radius 3 is 2.16 bits per heavy atom. The quantitative estimate of drug-likeness (QED) is 0.133. The summed E-state index contributed by atoms with van der Waals surface area (Å²) in [5.41, 5.74) is 8.22. The fraction of sp³-hybridized carbons (Fsp3) is 0.340. The standard InChI is InChI=1S/C47H51N7O3/c1-4-52(5-2)43(35-16-10-7-11-17-35)47(57)54-27-13-19-42(54)45(55)49-44-38-25-24-36(28-39(38)50-51-44)33-20-22-34(23-21-33)37-29-40(48-30-37)41-18-12-26-53(41)46(56)31(3)32-14-8-6-9-15-32/h6-11,14-17,20-25,28,30-31,41-43H,4-5,12-13,18-19,26-27,29H2,1-3H3,(H2,49,50,51,55)/t31-,41+,42+,43-/m1/s1. The summed E-state index contributed by atoms with van der Waals surface area (Å²) in [5.74, 6) is 0.187. The molecule has 3 aliphatic heterocycles. The molecule has 0 unspecified atom stereocenters. The average Bonchev–Trinajstić information content (AvgIpc) is 4.10. The Balaban J connectivity index is 0.908. The number of likely N-dealkylation sites (tertiary alicyclic amines) is 2. The van der Waals surface area contributed by atoms with Gasteiger partial charge in [0.15, 0.2) is 5.82 Å². The molecule has 1 aromatic heterocycles. The van der Waals surface area contributed by atoms with Gasteiger partial charge in [0.25, 0.3) is 0 Å². The van der Waals surface area contributed by atoms with Gasteiger partial charge in [-0.25, -0.2) is 0 Å². The second kappa shape index (κ2) is 16.7. The Hall–Kier alpha value is -5.87. The molecule has 0 saturated carbocycles. The summed E-state index contributed by atoms with van der Waals surface area (Å²) in [6, 6.07) is 33.5. The number of anilines is 1. The number of benzene rings is 4. The van der Waals surface area contributed by atoms with Crippen LogP contribution in [0, 0.1) is 0 Å². The number of hydrogen-bond donors (Lipinski definition) is 2. The Kier molecular flexibility index (Phi) is 11.1. The number of aromatic nitrogens is 2. The van der Waals surface area contributed by atoms with Crippen molar-refractivity contribution in [3.63, 3.8) is 0 Å². The van der Waals surface area contributed by atoms with Crippen molar-refractivity contribution < 1.29 is 14.4 Å². The molecule has 0 spiro atoms. The lowest BCUT2D eigenvalue weighted by Crippen LogP contribution is -2.48. The molecule has 10 nitrogen and oxygen atoms in total. The van der Waals surface area contributed by atoms with Crippen LogP contribution in [0.3, 0.4) is 0 Å². The minimum Gasteiger partial charge on any atom is -0.334 e. The van der Waals surface area contributed by atoms with E-state index < -0.39 is 12.1 Å². The number of carbonyl (C=O) groups excluding carboxylic acids is 3. The SMILES string of the molecule is CCN(CC)[C@@H](C(=O)N1CCC[C@H]1C(=O)Nc1n[nH]c2cc(-c3ccc(C4=CN=C([C@@H]5CCCN5C(=O)[C@H](C)c5ccccc5)C4)cc3)ccc12)c1ccccc1. The summed E-state index contributed by atoms with van der Waals surface area (Å²) in [4.78, 5) is 52.3. The van der Waals surface area contributed by atoms with Crippen molar-refractivity contribution in [2.75, 3.05) is 31.5 Å². The molecule has 2 fully saturated rings. The second-order valence-corrected chi connectivity index (χ2v) is 15.4. The summed E-state index contributed by atoms with van der Waals surface area (Å²) < 4.78 is 0. The van der Waals surface area contributed by atoms with E-state index in [0.717, 1.165) is 95.3 Å². The van der Waals surface area contributed by atoms with Gasteiger partial charge in [-0.05, 0) is 91.2 Å². The van der Waals surface area contributed by atoms with Crippen molar-refractivity contribution in [1.29, 1.82) is 0 Å².